The molecule has 10 nitrogen and oxygen atoms in total. The number of nitrogens with zero attached hydrogens (tertiary/aromatic N) is 5. The zero-order chi connectivity index (χ0) is 24.9. The van der Waals surface area contributed by atoms with E-state index < -0.39 is 17.2 Å². The molecule has 2 aliphatic rings. The minimum Gasteiger partial charge on any atom is -0.487 e. The summed E-state index contributed by atoms with van der Waals surface area (Å²) < 4.78 is 23.3. The molecule has 0 spiro atoms. The third-order valence-corrected chi connectivity index (χ3v) is 6.48. The normalized spacial score (nSPS) is 17.9. The van der Waals surface area contributed by atoms with E-state index in [2.05, 4.69) is 25.7 Å². The summed E-state index contributed by atoms with van der Waals surface area (Å²) in [4.78, 5) is 38.9. The molecular weight excluding hydrogens is 453 g/mol. The molecule has 1 aromatic carbocycles. The minimum atomic E-state index is -0.660. The molecule has 4 heterocycles. The standard InChI is InChI=1S/C24H28FN7O3/c1-13-9-14(2)27-24(26-13)29-28-23(34)17-11-32-15(3)12-35-22-19(32)16(21(17)33)10-18(25)20(22)31-7-5-30(4)6-8-31/h9-11,15H,5-8,12H2,1-4H3,(H,28,34)(H,26,27,29). The van der Waals surface area contributed by atoms with E-state index in [1.165, 1.54) is 12.3 Å². The number of rotatable bonds is 4. The fourth-order valence-corrected chi connectivity index (χ4v) is 4.66. The molecule has 2 N–H and O–H groups in total. The Hall–Kier alpha value is -3.73. The first-order chi connectivity index (χ1) is 16.7. The monoisotopic (exact) mass is 481 g/mol. The fourth-order valence-electron chi connectivity index (χ4n) is 4.66. The van der Waals surface area contributed by atoms with Crippen LogP contribution in [-0.2, 0) is 0 Å². The number of ether oxygens (including phenoxy) is 1. The van der Waals surface area contributed by atoms with Crippen LogP contribution in [0.3, 0.4) is 0 Å². The highest BCUT2D eigenvalue weighted by Gasteiger charge is 2.31. The number of hydrogen-bond donors (Lipinski definition) is 2. The van der Waals surface area contributed by atoms with Crippen molar-refractivity contribution < 1.29 is 13.9 Å². The maximum absolute atomic E-state index is 15.4. The summed E-state index contributed by atoms with van der Waals surface area (Å²) >= 11 is 0. The summed E-state index contributed by atoms with van der Waals surface area (Å²) in [6.45, 7) is 8.76. The number of pyridine rings is 1. The molecule has 5 rings (SSSR count). The van der Waals surface area contributed by atoms with Crippen molar-refractivity contribution in [3.8, 4) is 5.75 Å². The molecule has 0 aliphatic carbocycles. The first-order valence-corrected chi connectivity index (χ1v) is 11.6. The molecule has 35 heavy (non-hydrogen) atoms. The average Bonchev–Trinajstić information content (AvgIpc) is 2.81. The molecule has 11 heteroatoms. The number of carbonyl (C=O) groups is 1. The second-order valence-corrected chi connectivity index (χ2v) is 9.22. The van der Waals surface area contributed by atoms with Crippen LogP contribution >= 0.6 is 0 Å². The molecule has 1 fully saturated rings. The number of piperazine rings is 1. The van der Waals surface area contributed by atoms with Gasteiger partial charge < -0.3 is 19.1 Å². The molecule has 1 saturated heterocycles. The van der Waals surface area contributed by atoms with Crippen LogP contribution in [0.5, 0.6) is 5.75 Å². The Morgan fingerprint density at radius 1 is 1.14 bits per heavy atom. The van der Waals surface area contributed by atoms with Crippen molar-refractivity contribution in [1.82, 2.24) is 24.9 Å². The number of carbonyl (C=O) groups excluding carboxylic acids is 1. The van der Waals surface area contributed by atoms with Crippen LogP contribution in [0, 0.1) is 19.7 Å². The van der Waals surface area contributed by atoms with E-state index in [0.29, 0.717) is 36.6 Å². The third kappa shape index (κ3) is 4.16. The van der Waals surface area contributed by atoms with Gasteiger partial charge in [0.05, 0.1) is 16.9 Å². The van der Waals surface area contributed by atoms with Gasteiger partial charge in [-0.05, 0) is 40.0 Å². The van der Waals surface area contributed by atoms with E-state index in [4.69, 9.17) is 4.74 Å². The van der Waals surface area contributed by atoms with Gasteiger partial charge in [0.25, 0.3) is 5.91 Å². The number of likely N-dealkylation sites (N-methyl/N-ethyl adjacent to an activating group) is 1. The number of hydrogen-bond acceptors (Lipinski definition) is 8. The smallest absolute Gasteiger partial charge is 0.275 e. The van der Waals surface area contributed by atoms with Gasteiger partial charge in [0.1, 0.15) is 17.9 Å². The van der Waals surface area contributed by atoms with E-state index in [1.54, 1.807) is 6.07 Å². The molecule has 0 bridgehead atoms. The maximum atomic E-state index is 15.4. The van der Waals surface area contributed by atoms with Gasteiger partial charge in [-0.15, -0.1) is 0 Å². The van der Waals surface area contributed by atoms with Crippen LogP contribution in [-0.4, -0.2) is 65.2 Å². The quantitative estimate of drug-likeness (QED) is 0.546. The average molecular weight is 482 g/mol. The first-order valence-electron chi connectivity index (χ1n) is 11.6. The van der Waals surface area contributed by atoms with Gasteiger partial charge in [-0.3, -0.25) is 20.4 Å². The number of benzene rings is 1. The van der Waals surface area contributed by atoms with Gasteiger partial charge in [-0.25, -0.2) is 14.4 Å². The highest BCUT2D eigenvalue weighted by Crippen LogP contribution is 2.42. The van der Waals surface area contributed by atoms with Crippen LogP contribution in [0.25, 0.3) is 10.9 Å². The summed E-state index contributed by atoms with van der Waals surface area (Å²) in [5.41, 5.74) is 6.82. The van der Waals surface area contributed by atoms with Gasteiger partial charge in [0.15, 0.2) is 11.6 Å². The number of amides is 1. The van der Waals surface area contributed by atoms with Gasteiger partial charge in [0.2, 0.25) is 11.4 Å². The number of hydrazine groups is 1. The lowest BCUT2D eigenvalue weighted by atomic mass is 10.0. The number of aromatic nitrogens is 3. The zero-order valence-corrected chi connectivity index (χ0v) is 20.2. The SMILES string of the molecule is Cc1cc(C)nc(NNC(=O)c2cn3c4c(c(N5CCN(C)CC5)c(F)cc4c2=O)OCC3C)n1. The largest absolute Gasteiger partial charge is 0.487 e. The topological polar surface area (TPSA) is 105 Å². The van der Waals surface area contributed by atoms with Crippen molar-refractivity contribution in [1.29, 1.82) is 0 Å². The highest BCUT2D eigenvalue weighted by molar-refractivity contribution is 6.00. The summed E-state index contributed by atoms with van der Waals surface area (Å²) in [6, 6.07) is 2.88. The summed E-state index contributed by atoms with van der Waals surface area (Å²) in [5, 5.41) is 0.109. The molecular formula is C24H28FN7O3. The Bertz CT molecular complexity index is 1360. The van der Waals surface area contributed by atoms with Crippen molar-refractivity contribution >= 4 is 28.4 Å². The second kappa shape index (κ2) is 8.81. The fraction of sp³-hybridized carbons (Fsp3) is 0.417. The molecule has 1 atom stereocenters. The maximum Gasteiger partial charge on any atom is 0.275 e. The van der Waals surface area contributed by atoms with Crippen LogP contribution in [0.2, 0.25) is 0 Å². The lowest BCUT2D eigenvalue weighted by Crippen LogP contribution is -2.45. The molecule has 0 radical (unpaired) electrons. The lowest BCUT2D eigenvalue weighted by molar-refractivity contribution is 0.0960. The van der Waals surface area contributed by atoms with Crippen molar-refractivity contribution in [2.75, 3.05) is 50.2 Å². The van der Waals surface area contributed by atoms with E-state index in [1.807, 2.05) is 37.3 Å². The van der Waals surface area contributed by atoms with Crippen LogP contribution in [0.4, 0.5) is 16.0 Å². The van der Waals surface area contributed by atoms with E-state index >= 15 is 4.39 Å². The molecule has 3 aromatic rings. The van der Waals surface area contributed by atoms with Gasteiger partial charge in [-0.2, -0.15) is 0 Å². The minimum absolute atomic E-state index is 0.109. The van der Waals surface area contributed by atoms with Crippen molar-refractivity contribution in [2.45, 2.75) is 26.8 Å². The zero-order valence-electron chi connectivity index (χ0n) is 20.2. The van der Waals surface area contributed by atoms with Crippen LogP contribution in [0.1, 0.15) is 34.7 Å². The molecule has 2 aliphatic heterocycles. The predicted molar refractivity (Wildman–Crippen MR) is 131 cm³/mol. The lowest BCUT2D eigenvalue weighted by Gasteiger charge is -2.37. The highest BCUT2D eigenvalue weighted by atomic mass is 19.1. The van der Waals surface area contributed by atoms with Gasteiger partial charge in [-0.1, -0.05) is 0 Å². The van der Waals surface area contributed by atoms with Crippen molar-refractivity contribution in [3.63, 3.8) is 0 Å². The van der Waals surface area contributed by atoms with E-state index in [9.17, 15) is 9.59 Å². The number of anilines is 2. The molecule has 0 saturated carbocycles. The predicted octanol–water partition coefficient (Wildman–Crippen LogP) is 2.01. The second-order valence-electron chi connectivity index (χ2n) is 9.22. The number of aryl methyl sites for hydroxylation is 2. The summed E-state index contributed by atoms with van der Waals surface area (Å²) in [5.74, 6) is -0.625. The molecule has 1 amide bonds. The van der Waals surface area contributed by atoms with Gasteiger partial charge in [0, 0.05) is 43.8 Å². The number of nitrogens with one attached hydrogen (secondary N) is 2. The Kier molecular flexibility index (Phi) is 5.79. The van der Waals surface area contributed by atoms with Crippen molar-refractivity contribution in [3.05, 3.63) is 51.3 Å². The van der Waals surface area contributed by atoms with Crippen molar-refractivity contribution in [2.24, 2.45) is 0 Å². The first kappa shape index (κ1) is 23.0. The third-order valence-electron chi connectivity index (χ3n) is 6.48. The van der Waals surface area contributed by atoms with Crippen LogP contribution < -0.4 is 25.9 Å². The Balaban J connectivity index is 1.55. The van der Waals surface area contributed by atoms with E-state index in [-0.39, 0.29) is 22.9 Å². The molecule has 2 aromatic heterocycles. The Labute approximate surface area is 201 Å². The molecule has 184 valence electrons. The Morgan fingerprint density at radius 3 is 2.51 bits per heavy atom. The Morgan fingerprint density at radius 2 is 1.83 bits per heavy atom. The summed E-state index contributed by atoms with van der Waals surface area (Å²) in [7, 11) is 2.03. The van der Waals surface area contributed by atoms with E-state index in [0.717, 1.165) is 24.5 Å². The van der Waals surface area contributed by atoms with Crippen LogP contribution in [0.15, 0.2) is 23.1 Å². The molecule has 1 unspecified atom stereocenters. The summed E-state index contributed by atoms with van der Waals surface area (Å²) in [6.07, 6.45) is 1.52. The van der Waals surface area contributed by atoms with Gasteiger partial charge >= 0.3 is 0 Å². The number of halogens is 1.